The van der Waals surface area contributed by atoms with E-state index in [9.17, 15) is 29.7 Å². The maximum atomic E-state index is 10.1. The molecule has 13 heteroatoms. The van der Waals surface area contributed by atoms with E-state index in [4.69, 9.17) is 5.11 Å². The molecule has 0 saturated heterocycles. The van der Waals surface area contributed by atoms with E-state index < -0.39 is 36.4 Å². The Labute approximate surface area is 176 Å². The van der Waals surface area contributed by atoms with Crippen molar-refractivity contribution in [3.05, 3.63) is 0 Å². The van der Waals surface area contributed by atoms with Gasteiger partial charge in [-0.15, -0.1) is 0 Å². The first-order valence-electron chi connectivity index (χ1n) is 3.11. The number of carbonyl (C=O) groups is 3. The molecule has 0 aliphatic heterocycles. The molecule has 0 saturated carbocycles. The Morgan fingerprint density at radius 2 is 1.00 bits per heavy atom. The van der Waals surface area contributed by atoms with Crippen molar-refractivity contribution in [2.24, 2.45) is 0 Å². The van der Waals surface area contributed by atoms with E-state index in [1.165, 1.54) is 0 Å². The minimum atomic E-state index is -2.97. The molecule has 0 aromatic heterocycles. The summed E-state index contributed by atoms with van der Waals surface area (Å²) in [6, 6.07) is 0. The molecule has 10 nitrogen and oxygen atoms in total. The number of aliphatic carboxylic acids is 3. The molecule has 98 valence electrons. The number of carbonyl (C=O) groups excluding carboxylic acids is 3. The minimum absolute atomic E-state index is 0. The molecule has 0 rings (SSSR count). The van der Waals surface area contributed by atoms with E-state index in [2.05, 4.69) is 0 Å². The molecule has 0 heterocycles. The summed E-state index contributed by atoms with van der Waals surface area (Å²) in [5.41, 5.74) is -2.97. The van der Waals surface area contributed by atoms with Crippen molar-refractivity contribution in [1.29, 1.82) is 0 Å². The second-order valence-corrected chi connectivity index (χ2v) is 2.42. The van der Waals surface area contributed by atoms with Crippen molar-refractivity contribution in [2.45, 2.75) is 18.4 Å². The van der Waals surface area contributed by atoms with Crippen LogP contribution in [0.5, 0.6) is 0 Å². The van der Waals surface area contributed by atoms with Crippen molar-refractivity contribution in [1.82, 2.24) is 18.5 Å². The first-order chi connectivity index (χ1) is 5.78. The molecule has 0 amide bonds. The van der Waals surface area contributed by atoms with Crippen molar-refractivity contribution < 1.29 is 123 Å². The smallest absolute Gasteiger partial charge is 0.550 e. The van der Waals surface area contributed by atoms with E-state index >= 15 is 0 Å². The Balaban J connectivity index is -0.0000000480. The van der Waals surface area contributed by atoms with Crippen molar-refractivity contribution >= 4 is 17.9 Å². The Morgan fingerprint density at radius 1 is 0.789 bits per heavy atom. The summed E-state index contributed by atoms with van der Waals surface area (Å²) >= 11 is 0. The zero-order valence-corrected chi connectivity index (χ0v) is 17.4. The van der Waals surface area contributed by atoms with Crippen molar-refractivity contribution in [2.75, 3.05) is 0 Å². The Hall–Kier alpha value is 1.25. The van der Waals surface area contributed by atoms with Gasteiger partial charge >= 0.3 is 88.7 Å². The Bertz CT molecular complexity index is 250. The molecule has 0 radical (unpaired) electrons. The van der Waals surface area contributed by atoms with Crippen LogP contribution >= 0.6 is 0 Å². The molecule has 19 heavy (non-hydrogen) atoms. The molecule has 0 aromatic carbocycles. The zero-order valence-electron chi connectivity index (χ0n) is 11.4. The normalized spacial score (nSPS) is 7.42. The van der Waals surface area contributed by atoms with Crippen molar-refractivity contribution in [3.63, 3.8) is 0 Å². The molecule has 0 aliphatic carbocycles. The first kappa shape index (κ1) is 42.7. The zero-order chi connectivity index (χ0) is 10.6. The van der Waals surface area contributed by atoms with Gasteiger partial charge < -0.3 is 53.3 Å². The van der Waals surface area contributed by atoms with Gasteiger partial charge in [0.25, 0.3) is 0 Å². The van der Waals surface area contributed by atoms with Gasteiger partial charge in [0.1, 0.15) is 5.60 Å². The second-order valence-electron chi connectivity index (χ2n) is 2.42. The molecule has 0 spiro atoms. The third kappa shape index (κ3) is 19.2. The van der Waals surface area contributed by atoms with Crippen molar-refractivity contribution in [3.8, 4) is 0 Å². The van der Waals surface area contributed by atoms with Gasteiger partial charge in [-0.05, 0) is 0 Å². The van der Waals surface area contributed by atoms with Gasteiger partial charge in [0.15, 0.2) is 0 Å². The van der Waals surface area contributed by atoms with Gasteiger partial charge in [-0.25, -0.2) is 0 Å². The maximum Gasteiger partial charge on any atom is 1.00 e. The number of hydrogen-bond donors (Lipinski definition) is 4. The van der Waals surface area contributed by atoms with Gasteiger partial charge in [0.05, 0.1) is 5.97 Å². The maximum absolute atomic E-state index is 10.1. The number of aliphatic hydroxyl groups is 1. The van der Waals surface area contributed by atoms with Gasteiger partial charge in [-0.2, -0.15) is 0 Å². The molecular formula is C6H14N3Na3O7. The van der Waals surface area contributed by atoms with E-state index in [0.29, 0.717) is 0 Å². The molecule has 0 fully saturated rings. The fourth-order valence-electron chi connectivity index (χ4n) is 0.684. The fraction of sp³-hybridized carbons (Fsp3) is 0.500. The predicted octanol–water partition coefficient (Wildman–Crippen LogP) is -13.8. The van der Waals surface area contributed by atoms with Crippen LogP contribution in [0.2, 0.25) is 0 Å². The molecular weight excluding hydrogens is 295 g/mol. The summed E-state index contributed by atoms with van der Waals surface area (Å²) in [6.45, 7) is 0. The third-order valence-electron chi connectivity index (χ3n) is 1.25. The summed E-state index contributed by atoms with van der Waals surface area (Å²) in [6.07, 6.45) is -2.72. The summed E-state index contributed by atoms with van der Waals surface area (Å²) in [4.78, 5) is 30.0. The molecule has 10 N–H and O–H groups in total. The largest absolute Gasteiger partial charge is 1.00 e. The van der Waals surface area contributed by atoms with Crippen LogP contribution < -0.4 is 122 Å². The Kier molecular flexibility index (Phi) is 43.3. The first-order valence-corrected chi connectivity index (χ1v) is 3.11. The van der Waals surface area contributed by atoms with Crippen LogP contribution in [-0.2, 0) is 14.4 Å². The predicted molar refractivity (Wildman–Crippen MR) is 44.3 cm³/mol. The number of carboxylic acid groups (broad SMARTS) is 3. The van der Waals surface area contributed by atoms with Gasteiger partial charge in [0.2, 0.25) is 0 Å². The SMILES string of the molecule is N.N.N.O=C([O-])CC(O)(CC(=O)[O-])C(=O)[O-].[Na+].[Na+].[Na+]. The third-order valence-corrected chi connectivity index (χ3v) is 1.25. The van der Waals surface area contributed by atoms with E-state index in [0.717, 1.165) is 0 Å². The van der Waals surface area contributed by atoms with Crippen LogP contribution in [0.25, 0.3) is 0 Å². The Morgan fingerprint density at radius 3 is 1.11 bits per heavy atom. The fourth-order valence-corrected chi connectivity index (χ4v) is 0.684. The second kappa shape index (κ2) is 19.2. The summed E-state index contributed by atoms with van der Waals surface area (Å²) in [7, 11) is 0. The molecule has 0 bridgehead atoms. The van der Waals surface area contributed by atoms with E-state index in [1.807, 2.05) is 0 Å². The summed E-state index contributed by atoms with van der Waals surface area (Å²) in [5.74, 6) is -5.98. The van der Waals surface area contributed by atoms with Crippen LogP contribution in [-0.4, -0.2) is 28.6 Å². The van der Waals surface area contributed by atoms with Crippen LogP contribution in [0.3, 0.4) is 0 Å². The molecule has 0 atom stereocenters. The molecule has 0 aromatic rings. The molecule has 0 aliphatic rings. The van der Waals surface area contributed by atoms with Gasteiger partial charge in [0, 0.05) is 24.8 Å². The average Bonchev–Trinajstić information content (AvgIpc) is 1.82. The average molecular weight is 309 g/mol. The standard InChI is InChI=1S/C6H8O7.3H3N.3Na/c7-3(8)1-6(13,5(11)12)2-4(9)10;;;;;;/h13H,1-2H2,(H,7,8)(H,9,10)(H,11,12);3*1H3;;;/q;;;;3*+1/p-3. The van der Waals surface area contributed by atoms with E-state index in [1.54, 1.807) is 0 Å². The van der Waals surface area contributed by atoms with Gasteiger partial charge in [-0.1, -0.05) is 0 Å². The van der Waals surface area contributed by atoms with Crippen LogP contribution in [0, 0.1) is 0 Å². The van der Waals surface area contributed by atoms with Crippen LogP contribution in [0.4, 0.5) is 0 Å². The topological polar surface area (TPSA) is 246 Å². The molecule has 0 unspecified atom stereocenters. The number of hydrogen-bond acceptors (Lipinski definition) is 10. The summed E-state index contributed by atoms with van der Waals surface area (Å²) < 4.78 is 0. The summed E-state index contributed by atoms with van der Waals surface area (Å²) in [5, 5.41) is 38.9. The number of rotatable bonds is 5. The number of carboxylic acids is 3. The van der Waals surface area contributed by atoms with Crippen LogP contribution in [0.15, 0.2) is 0 Å². The minimum Gasteiger partial charge on any atom is -0.550 e. The van der Waals surface area contributed by atoms with Crippen LogP contribution in [0.1, 0.15) is 12.8 Å². The van der Waals surface area contributed by atoms with Gasteiger partial charge in [-0.3, -0.25) is 0 Å². The monoisotopic (exact) mass is 309 g/mol. The van der Waals surface area contributed by atoms with E-state index in [-0.39, 0.29) is 107 Å². The quantitative estimate of drug-likeness (QED) is 0.349.